The van der Waals surface area contributed by atoms with E-state index in [9.17, 15) is 5.41 Å². The van der Waals surface area contributed by atoms with Crippen LogP contribution in [0.15, 0.2) is 169 Å². The Morgan fingerprint density at radius 2 is 1.12 bits per heavy atom. The molecule has 0 spiro atoms. The highest BCUT2D eigenvalue weighted by molar-refractivity contribution is 6.62. The first kappa shape index (κ1) is 29.5. The van der Waals surface area contributed by atoms with Crippen molar-refractivity contribution in [2.45, 2.75) is 0 Å². The monoisotopic (exact) mass is 631 g/mol. The number of fused-ring (bicyclic) bond motifs is 1. The number of benzene rings is 3. The Labute approximate surface area is 283 Å². The van der Waals surface area contributed by atoms with Crippen molar-refractivity contribution in [3.8, 4) is 33.9 Å². The van der Waals surface area contributed by atoms with Gasteiger partial charge in [0, 0.05) is 29.1 Å². The Kier molecular flexibility index (Phi) is 7.89. The predicted octanol–water partition coefficient (Wildman–Crippen LogP) is 9.39. The lowest BCUT2D eigenvalue weighted by Gasteiger charge is -2.18. The van der Waals surface area contributed by atoms with Crippen LogP contribution in [0.3, 0.4) is 0 Å². The topological polar surface area (TPSA) is 99.8 Å². The predicted molar refractivity (Wildman–Crippen MR) is 199 cm³/mol. The minimum atomic E-state index is 0.235. The van der Waals surface area contributed by atoms with Gasteiger partial charge >= 0.3 is 0 Å². The summed E-state index contributed by atoms with van der Waals surface area (Å²) in [5.41, 5.74) is 12.8. The Hall–Kier alpha value is -6.86. The molecule has 0 amide bonds. The van der Waals surface area contributed by atoms with Crippen LogP contribution in [0.2, 0.25) is 0 Å². The molecule has 3 aromatic carbocycles. The van der Waals surface area contributed by atoms with E-state index in [1.807, 2.05) is 109 Å². The van der Waals surface area contributed by atoms with Crippen molar-refractivity contribution in [2.24, 2.45) is 5.10 Å². The van der Waals surface area contributed by atoms with Crippen LogP contribution in [0.4, 0.5) is 5.69 Å². The number of nitrogens with one attached hydrogen (secondary N) is 2. The van der Waals surface area contributed by atoms with E-state index in [0.29, 0.717) is 17.0 Å². The number of para-hydroxylation sites is 1. The van der Waals surface area contributed by atoms with Crippen LogP contribution >= 0.6 is 0 Å². The second-order valence-corrected chi connectivity index (χ2v) is 11.5. The standard InChI is InChI=1S/C42H29N7/c43-34-27-31(35-17-9-19-40(46-35)38-15-5-7-23-44-38)26-33(36-18-10-20-41(47-36)39-16-6-8-24-45-39)42(34)49-48-37-14-4-3-13-32(37)30-22-21-28-11-1-2-12-29(28)25-30/h1-27,43,48H/b43-34?,49-42-. The van der Waals surface area contributed by atoms with Crippen molar-refractivity contribution in [2.75, 3.05) is 5.43 Å². The minimum Gasteiger partial charge on any atom is -0.299 e. The van der Waals surface area contributed by atoms with Crippen LogP contribution in [0, 0.1) is 5.41 Å². The van der Waals surface area contributed by atoms with E-state index < -0.39 is 0 Å². The second-order valence-electron chi connectivity index (χ2n) is 11.5. The van der Waals surface area contributed by atoms with Gasteiger partial charge in [-0.1, -0.05) is 78.9 Å². The van der Waals surface area contributed by atoms with Crippen molar-refractivity contribution in [3.63, 3.8) is 0 Å². The SMILES string of the molecule is N=C1C=C(c2cccc(-c3ccccn3)n2)C=C(c2cccc(-c3ccccn3)n2)/C1=N/Nc1ccccc1-c1ccc2ccccc2c1. The first-order valence-electron chi connectivity index (χ1n) is 15.9. The molecule has 0 saturated heterocycles. The van der Waals surface area contributed by atoms with Crippen molar-refractivity contribution < 1.29 is 0 Å². The number of allylic oxidation sites excluding steroid dienone is 4. The van der Waals surface area contributed by atoms with Crippen molar-refractivity contribution in [1.29, 1.82) is 5.41 Å². The Bertz CT molecular complexity index is 2430. The van der Waals surface area contributed by atoms with Gasteiger partial charge in [0.05, 0.1) is 45.6 Å². The van der Waals surface area contributed by atoms with Crippen LogP contribution in [0.25, 0.3) is 55.8 Å². The van der Waals surface area contributed by atoms with Gasteiger partial charge in [0.2, 0.25) is 0 Å². The van der Waals surface area contributed by atoms with E-state index in [0.717, 1.165) is 56.2 Å². The molecule has 2 N–H and O–H groups in total. The molecule has 1 aliphatic rings. The molecular weight excluding hydrogens is 603 g/mol. The third kappa shape index (κ3) is 6.16. The number of hydrogen-bond donors (Lipinski definition) is 2. The third-order valence-electron chi connectivity index (χ3n) is 8.31. The number of rotatable bonds is 7. The number of hydrazone groups is 1. The van der Waals surface area contributed by atoms with E-state index in [1.165, 1.54) is 5.39 Å². The lowest BCUT2D eigenvalue weighted by molar-refractivity contribution is 1.22. The van der Waals surface area contributed by atoms with Gasteiger partial charge in [-0.25, -0.2) is 9.97 Å². The maximum Gasteiger partial charge on any atom is 0.118 e. The highest BCUT2D eigenvalue weighted by Gasteiger charge is 2.23. The summed E-state index contributed by atoms with van der Waals surface area (Å²) in [6.45, 7) is 0. The smallest absolute Gasteiger partial charge is 0.118 e. The summed E-state index contributed by atoms with van der Waals surface area (Å²) in [6.07, 6.45) is 7.31. The molecule has 0 bridgehead atoms. The number of anilines is 1. The van der Waals surface area contributed by atoms with E-state index in [-0.39, 0.29) is 5.71 Å². The van der Waals surface area contributed by atoms with Crippen LogP contribution < -0.4 is 5.43 Å². The molecule has 232 valence electrons. The zero-order valence-electron chi connectivity index (χ0n) is 26.3. The van der Waals surface area contributed by atoms with Crippen LogP contribution in [0.5, 0.6) is 0 Å². The fourth-order valence-corrected chi connectivity index (χ4v) is 5.90. The van der Waals surface area contributed by atoms with Crippen molar-refractivity contribution in [1.82, 2.24) is 19.9 Å². The largest absolute Gasteiger partial charge is 0.299 e. The maximum absolute atomic E-state index is 9.25. The van der Waals surface area contributed by atoms with Crippen molar-refractivity contribution in [3.05, 3.63) is 175 Å². The summed E-state index contributed by atoms with van der Waals surface area (Å²) in [5, 5.41) is 16.5. The zero-order chi connectivity index (χ0) is 33.0. The number of aromatic nitrogens is 4. The maximum atomic E-state index is 9.25. The van der Waals surface area contributed by atoms with Gasteiger partial charge in [-0.2, -0.15) is 5.10 Å². The highest BCUT2D eigenvalue weighted by Crippen LogP contribution is 2.33. The average molecular weight is 632 g/mol. The van der Waals surface area contributed by atoms with Crippen LogP contribution in [-0.2, 0) is 0 Å². The highest BCUT2D eigenvalue weighted by atomic mass is 15.3. The molecule has 0 saturated carbocycles. The molecule has 0 fully saturated rings. The first-order chi connectivity index (χ1) is 24.2. The molecule has 7 aromatic rings. The quantitative estimate of drug-likeness (QED) is 0.135. The summed E-state index contributed by atoms with van der Waals surface area (Å²) in [7, 11) is 0. The summed E-state index contributed by atoms with van der Waals surface area (Å²) < 4.78 is 0. The molecule has 7 nitrogen and oxygen atoms in total. The molecule has 0 unspecified atom stereocenters. The molecule has 0 aliphatic heterocycles. The van der Waals surface area contributed by atoms with Crippen molar-refractivity contribution >= 4 is 39.0 Å². The lowest BCUT2D eigenvalue weighted by Crippen LogP contribution is -2.20. The lowest BCUT2D eigenvalue weighted by atomic mass is 9.91. The van der Waals surface area contributed by atoms with E-state index in [1.54, 1.807) is 18.5 Å². The first-order valence-corrected chi connectivity index (χ1v) is 15.9. The number of pyridine rings is 4. The third-order valence-corrected chi connectivity index (χ3v) is 8.31. The molecule has 1 aliphatic carbocycles. The summed E-state index contributed by atoms with van der Waals surface area (Å²) in [6, 6.07) is 46.0. The summed E-state index contributed by atoms with van der Waals surface area (Å²) >= 11 is 0. The average Bonchev–Trinajstić information content (AvgIpc) is 3.18. The molecule has 0 radical (unpaired) electrons. The van der Waals surface area contributed by atoms with Gasteiger partial charge in [0.15, 0.2) is 0 Å². The molecule has 49 heavy (non-hydrogen) atoms. The fraction of sp³-hybridized carbons (Fsp3) is 0. The van der Waals surface area contributed by atoms with Crippen LogP contribution in [0.1, 0.15) is 11.4 Å². The zero-order valence-corrected chi connectivity index (χ0v) is 26.3. The van der Waals surface area contributed by atoms with E-state index in [4.69, 9.17) is 15.1 Å². The van der Waals surface area contributed by atoms with Gasteiger partial charge in [0.1, 0.15) is 5.71 Å². The Balaban J connectivity index is 1.21. The summed E-state index contributed by atoms with van der Waals surface area (Å²) in [4.78, 5) is 18.9. The minimum absolute atomic E-state index is 0.235. The molecule has 7 heteroatoms. The second kappa shape index (κ2) is 13.1. The van der Waals surface area contributed by atoms with Gasteiger partial charge in [-0.05, 0) is 89.2 Å². The Morgan fingerprint density at radius 3 is 1.86 bits per heavy atom. The molecule has 4 aromatic heterocycles. The molecule has 4 heterocycles. The van der Waals surface area contributed by atoms with Gasteiger partial charge in [0.25, 0.3) is 0 Å². The fourth-order valence-electron chi connectivity index (χ4n) is 5.90. The van der Waals surface area contributed by atoms with Gasteiger partial charge < -0.3 is 0 Å². The number of nitrogens with zero attached hydrogens (tertiary/aromatic N) is 5. The molecule has 8 rings (SSSR count). The molecule has 0 atom stereocenters. The normalized spacial score (nSPS) is 13.6. The van der Waals surface area contributed by atoms with E-state index >= 15 is 0 Å². The van der Waals surface area contributed by atoms with Gasteiger partial charge in [-0.3, -0.25) is 20.8 Å². The summed E-state index contributed by atoms with van der Waals surface area (Å²) in [5.74, 6) is 0. The Morgan fingerprint density at radius 1 is 0.510 bits per heavy atom. The van der Waals surface area contributed by atoms with E-state index in [2.05, 4.69) is 51.8 Å². The number of hydrogen-bond acceptors (Lipinski definition) is 7. The molecular formula is C42H29N7. The van der Waals surface area contributed by atoms with Crippen LogP contribution in [-0.4, -0.2) is 31.4 Å². The van der Waals surface area contributed by atoms with Gasteiger partial charge in [-0.15, -0.1) is 0 Å².